The number of fused-ring (bicyclic) bond motifs is 1. The topological polar surface area (TPSA) is 124 Å². The van der Waals surface area contributed by atoms with Gasteiger partial charge in [-0.3, -0.25) is 14.6 Å². The number of benzene rings is 1. The fourth-order valence-corrected chi connectivity index (χ4v) is 2.70. The lowest BCUT2D eigenvalue weighted by atomic mass is 10.1. The van der Waals surface area contributed by atoms with E-state index in [1.165, 1.54) is 0 Å². The maximum Gasteiger partial charge on any atom is 0.325 e. The summed E-state index contributed by atoms with van der Waals surface area (Å²) in [5.41, 5.74) is 1.79. The summed E-state index contributed by atoms with van der Waals surface area (Å²) in [6.07, 6.45) is 1.04. The minimum Gasteiger partial charge on any atom is -0.356 e. The van der Waals surface area contributed by atoms with Crippen LogP contribution in [0.2, 0.25) is 0 Å². The van der Waals surface area contributed by atoms with Crippen LogP contribution in [0.15, 0.2) is 33.9 Å². The number of hydrogen-bond acceptors (Lipinski definition) is 4. The number of nitrogens with zero attached hydrogens (tertiary/aromatic N) is 1. The highest BCUT2D eigenvalue weighted by Crippen LogP contribution is 2.10. The SMILES string of the molecule is Cc1[nH]c(=O)[nH]c(=O)c1CCC(=O)NCCc1nc2ccccc2[nH]1. The molecule has 0 radical (unpaired) electrons. The predicted octanol–water partition coefficient (Wildman–Crippen LogP) is 0.539. The van der Waals surface area contributed by atoms with E-state index < -0.39 is 11.2 Å². The van der Waals surface area contributed by atoms with Crippen LogP contribution in [0.4, 0.5) is 0 Å². The minimum absolute atomic E-state index is 0.152. The van der Waals surface area contributed by atoms with Gasteiger partial charge in [-0.2, -0.15) is 0 Å². The second kappa shape index (κ2) is 7.16. The minimum atomic E-state index is -0.540. The van der Waals surface area contributed by atoms with Gasteiger partial charge in [-0.25, -0.2) is 9.78 Å². The molecule has 1 amide bonds. The van der Waals surface area contributed by atoms with Crippen LogP contribution in [0.5, 0.6) is 0 Å². The zero-order chi connectivity index (χ0) is 17.8. The molecule has 8 heteroatoms. The van der Waals surface area contributed by atoms with Gasteiger partial charge in [-0.1, -0.05) is 12.1 Å². The lowest BCUT2D eigenvalue weighted by Gasteiger charge is -2.05. The van der Waals surface area contributed by atoms with Crippen molar-refractivity contribution in [2.75, 3.05) is 6.54 Å². The van der Waals surface area contributed by atoms with E-state index in [4.69, 9.17) is 0 Å². The molecule has 25 heavy (non-hydrogen) atoms. The maximum absolute atomic E-state index is 11.9. The Kier molecular flexibility index (Phi) is 4.78. The highest BCUT2D eigenvalue weighted by atomic mass is 16.2. The van der Waals surface area contributed by atoms with Gasteiger partial charge in [0.2, 0.25) is 5.91 Å². The highest BCUT2D eigenvalue weighted by Gasteiger charge is 2.09. The third-order valence-electron chi connectivity index (χ3n) is 3.98. The van der Waals surface area contributed by atoms with Crippen molar-refractivity contribution in [2.45, 2.75) is 26.2 Å². The molecule has 0 spiro atoms. The number of aryl methyl sites for hydroxylation is 1. The number of aromatic amines is 3. The summed E-state index contributed by atoms with van der Waals surface area (Å²) in [4.78, 5) is 47.2. The van der Waals surface area contributed by atoms with E-state index in [1.807, 2.05) is 24.3 Å². The second-order valence-electron chi connectivity index (χ2n) is 5.81. The first-order chi connectivity index (χ1) is 12.0. The van der Waals surface area contributed by atoms with E-state index in [1.54, 1.807) is 6.92 Å². The molecule has 3 rings (SSSR count). The molecule has 4 N–H and O–H groups in total. The van der Waals surface area contributed by atoms with Crippen molar-refractivity contribution < 1.29 is 4.79 Å². The maximum atomic E-state index is 11.9. The highest BCUT2D eigenvalue weighted by molar-refractivity contribution is 5.76. The monoisotopic (exact) mass is 341 g/mol. The van der Waals surface area contributed by atoms with Crippen molar-refractivity contribution in [1.82, 2.24) is 25.3 Å². The van der Waals surface area contributed by atoms with Crippen molar-refractivity contribution in [1.29, 1.82) is 0 Å². The summed E-state index contributed by atoms with van der Waals surface area (Å²) >= 11 is 0. The Labute approximate surface area is 142 Å². The van der Waals surface area contributed by atoms with Crippen molar-refractivity contribution in [3.63, 3.8) is 0 Å². The first kappa shape index (κ1) is 16.7. The molecule has 8 nitrogen and oxygen atoms in total. The summed E-state index contributed by atoms with van der Waals surface area (Å²) < 4.78 is 0. The van der Waals surface area contributed by atoms with Crippen molar-refractivity contribution in [2.24, 2.45) is 0 Å². The van der Waals surface area contributed by atoms with Crippen LogP contribution in [0.25, 0.3) is 11.0 Å². The van der Waals surface area contributed by atoms with Crippen LogP contribution in [0.1, 0.15) is 23.5 Å². The van der Waals surface area contributed by atoms with Gasteiger partial charge in [0.05, 0.1) is 11.0 Å². The van der Waals surface area contributed by atoms with Gasteiger partial charge in [0.1, 0.15) is 5.82 Å². The van der Waals surface area contributed by atoms with E-state index in [9.17, 15) is 14.4 Å². The van der Waals surface area contributed by atoms with Crippen molar-refractivity contribution in [3.8, 4) is 0 Å². The zero-order valence-corrected chi connectivity index (χ0v) is 13.8. The average molecular weight is 341 g/mol. The van der Waals surface area contributed by atoms with Gasteiger partial charge in [0, 0.05) is 30.6 Å². The molecule has 0 unspecified atom stereocenters. The Morgan fingerprint density at radius 3 is 2.68 bits per heavy atom. The molecule has 2 aromatic heterocycles. The predicted molar refractivity (Wildman–Crippen MR) is 93.5 cm³/mol. The summed E-state index contributed by atoms with van der Waals surface area (Å²) in [6, 6.07) is 7.74. The largest absolute Gasteiger partial charge is 0.356 e. The number of amides is 1. The zero-order valence-electron chi connectivity index (χ0n) is 13.8. The Hall–Kier alpha value is -3.16. The number of para-hydroxylation sites is 2. The Balaban J connectivity index is 1.50. The van der Waals surface area contributed by atoms with Gasteiger partial charge < -0.3 is 15.3 Å². The number of carbonyl (C=O) groups is 1. The van der Waals surface area contributed by atoms with E-state index >= 15 is 0 Å². The van der Waals surface area contributed by atoms with Crippen LogP contribution >= 0.6 is 0 Å². The molecule has 3 aromatic rings. The molecule has 1 aromatic carbocycles. The number of nitrogens with one attached hydrogen (secondary N) is 4. The van der Waals surface area contributed by atoms with E-state index in [0.717, 1.165) is 16.9 Å². The molecule has 0 saturated carbocycles. The van der Waals surface area contributed by atoms with Gasteiger partial charge in [0.25, 0.3) is 5.56 Å². The fraction of sp³-hybridized carbons (Fsp3) is 0.294. The first-order valence-corrected chi connectivity index (χ1v) is 8.05. The van der Waals surface area contributed by atoms with Crippen LogP contribution in [0.3, 0.4) is 0 Å². The Morgan fingerprint density at radius 1 is 1.12 bits per heavy atom. The van der Waals surface area contributed by atoms with Gasteiger partial charge >= 0.3 is 5.69 Å². The quantitative estimate of drug-likeness (QED) is 0.522. The number of rotatable bonds is 6. The molecule has 0 fully saturated rings. The van der Waals surface area contributed by atoms with Crippen LogP contribution in [0, 0.1) is 6.92 Å². The Morgan fingerprint density at radius 2 is 1.92 bits per heavy atom. The van der Waals surface area contributed by atoms with Crippen LogP contribution in [-0.2, 0) is 17.6 Å². The molecule has 130 valence electrons. The molecule has 2 heterocycles. The number of imidazole rings is 1. The van der Waals surface area contributed by atoms with Gasteiger partial charge in [0.15, 0.2) is 0 Å². The number of H-pyrrole nitrogens is 3. The molecular formula is C17H19N5O3. The summed E-state index contributed by atoms with van der Waals surface area (Å²) in [7, 11) is 0. The molecule has 0 aliphatic heterocycles. The smallest absolute Gasteiger partial charge is 0.325 e. The second-order valence-corrected chi connectivity index (χ2v) is 5.81. The van der Waals surface area contributed by atoms with Gasteiger partial charge in [-0.15, -0.1) is 0 Å². The molecule has 0 aliphatic carbocycles. The van der Waals surface area contributed by atoms with E-state index in [2.05, 4.69) is 25.3 Å². The molecule has 0 saturated heterocycles. The standard InChI is InChI=1S/C17H19N5O3/c1-10-11(16(24)22-17(25)19-10)6-7-15(23)18-9-8-14-20-12-4-2-3-5-13(12)21-14/h2-5H,6-9H2,1H3,(H,18,23)(H,20,21)(H2,19,22,24,25). The lowest BCUT2D eigenvalue weighted by molar-refractivity contribution is -0.121. The van der Waals surface area contributed by atoms with Crippen LogP contribution in [-0.4, -0.2) is 32.4 Å². The van der Waals surface area contributed by atoms with Crippen LogP contribution < -0.4 is 16.6 Å². The molecular weight excluding hydrogens is 322 g/mol. The summed E-state index contributed by atoms with van der Waals surface area (Å²) in [5, 5.41) is 2.81. The number of aromatic nitrogens is 4. The van der Waals surface area contributed by atoms with Crippen molar-refractivity contribution >= 4 is 16.9 Å². The van der Waals surface area contributed by atoms with Crippen molar-refractivity contribution in [3.05, 3.63) is 62.2 Å². The Bertz CT molecular complexity index is 982. The first-order valence-electron chi connectivity index (χ1n) is 8.05. The molecule has 0 atom stereocenters. The molecule has 0 aliphatic rings. The molecule has 0 bridgehead atoms. The van der Waals surface area contributed by atoms with Gasteiger partial charge in [-0.05, 0) is 25.5 Å². The normalized spacial score (nSPS) is 10.9. The average Bonchev–Trinajstić information content (AvgIpc) is 2.96. The lowest BCUT2D eigenvalue weighted by Crippen LogP contribution is -2.30. The summed E-state index contributed by atoms with van der Waals surface area (Å²) in [6.45, 7) is 2.10. The third kappa shape index (κ3) is 4.03. The fourth-order valence-electron chi connectivity index (χ4n) is 2.70. The van der Waals surface area contributed by atoms with E-state index in [0.29, 0.717) is 24.2 Å². The summed E-state index contributed by atoms with van der Waals surface area (Å²) in [5.74, 6) is 0.663. The van der Waals surface area contributed by atoms with E-state index in [-0.39, 0.29) is 18.7 Å². The third-order valence-corrected chi connectivity index (χ3v) is 3.98. The number of carbonyl (C=O) groups excluding carboxylic acids is 1. The number of hydrogen-bond donors (Lipinski definition) is 4.